The van der Waals surface area contributed by atoms with Crippen LogP contribution >= 0.6 is 0 Å². The molecule has 1 aliphatic heterocycles. The molecule has 2 nitrogen and oxygen atoms in total. The average Bonchev–Trinajstić information content (AvgIpc) is 3.07. The number of fused-ring (bicyclic) bond motifs is 2. The molecule has 108 valence electrons. The Bertz CT molecular complexity index is 721. The van der Waals surface area contributed by atoms with Crippen LogP contribution in [-0.2, 0) is 5.41 Å². The number of nitrogens with zero attached hydrogens (tertiary/aromatic N) is 1. The standard InChI is InChI=1S/C19H21NO/c1-13(2)20-10-15-9-19(15,12-20)18-8-7-14-5-3-4-6-16(14)17(18)11-21/h3-8,11,13,15H,9-10,12H2,1-2H3. The van der Waals surface area contributed by atoms with Gasteiger partial charge in [-0.25, -0.2) is 0 Å². The summed E-state index contributed by atoms with van der Waals surface area (Å²) in [6, 6.07) is 13.2. The molecule has 21 heavy (non-hydrogen) atoms. The first-order valence-corrected chi connectivity index (χ1v) is 7.87. The molecule has 2 unspecified atom stereocenters. The van der Waals surface area contributed by atoms with Crippen molar-refractivity contribution in [3.63, 3.8) is 0 Å². The second-order valence-electron chi connectivity index (χ2n) is 6.95. The molecule has 2 heteroatoms. The molecule has 0 radical (unpaired) electrons. The van der Waals surface area contributed by atoms with Gasteiger partial charge in [-0.05, 0) is 42.5 Å². The smallest absolute Gasteiger partial charge is 0.150 e. The maximum Gasteiger partial charge on any atom is 0.150 e. The van der Waals surface area contributed by atoms with Gasteiger partial charge in [0.25, 0.3) is 0 Å². The van der Waals surface area contributed by atoms with Gasteiger partial charge in [-0.2, -0.15) is 0 Å². The van der Waals surface area contributed by atoms with E-state index in [1.165, 1.54) is 18.5 Å². The maximum absolute atomic E-state index is 11.8. The van der Waals surface area contributed by atoms with Crippen molar-refractivity contribution in [1.29, 1.82) is 0 Å². The van der Waals surface area contributed by atoms with Crippen molar-refractivity contribution in [2.75, 3.05) is 13.1 Å². The highest BCUT2D eigenvalue weighted by molar-refractivity contribution is 6.00. The predicted molar refractivity (Wildman–Crippen MR) is 85.8 cm³/mol. The maximum atomic E-state index is 11.8. The molecule has 0 aromatic heterocycles. The molecule has 2 aliphatic rings. The molecule has 1 saturated heterocycles. The first-order valence-electron chi connectivity index (χ1n) is 7.87. The molecule has 0 N–H and O–H groups in total. The van der Waals surface area contributed by atoms with E-state index in [-0.39, 0.29) is 5.41 Å². The molecule has 2 atom stereocenters. The Hall–Kier alpha value is -1.67. The zero-order valence-corrected chi connectivity index (χ0v) is 12.7. The van der Waals surface area contributed by atoms with Gasteiger partial charge >= 0.3 is 0 Å². The number of rotatable bonds is 3. The molecular weight excluding hydrogens is 258 g/mol. The van der Waals surface area contributed by atoms with Crippen molar-refractivity contribution in [2.45, 2.75) is 31.7 Å². The minimum Gasteiger partial charge on any atom is -0.300 e. The number of hydrogen-bond donors (Lipinski definition) is 0. The Morgan fingerprint density at radius 1 is 1.24 bits per heavy atom. The van der Waals surface area contributed by atoms with E-state index in [1.54, 1.807) is 0 Å². The number of carbonyl (C=O) groups excluding carboxylic acids is 1. The van der Waals surface area contributed by atoms with Crippen molar-refractivity contribution < 1.29 is 4.79 Å². The molecule has 2 aromatic rings. The van der Waals surface area contributed by atoms with Crippen molar-refractivity contribution >= 4 is 17.1 Å². The molecule has 0 spiro atoms. The highest BCUT2D eigenvalue weighted by Gasteiger charge is 2.61. The molecule has 1 saturated carbocycles. The fourth-order valence-electron chi connectivity index (χ4n) is 4.19. The summed E-state index contributed by atoms with van der Waals surface area (Å²) in [4.78, 5) is 14.3. The van der Waals surface area contributed by atoms with Crippen LogP contribution in [0, 0.1) is 5.92 Å². The zero-order chi connectivity index (χ0) is 14.6. The third-order valence-corrected chi connectivity index (χ3v) is 5.53. The fraction of sp³-hybridized carbons (Fsp3) is 0.421. The first-order chi connectivity index (χ1) is 10.2. The summed E-state index contributed by atoms with van der Waals surface area (Å²) in [5.41, 5.74) is 2.44. The van der Waals surface area contributed by atoms with Crippen LogP contribution in [0.1, 0.15) is 36.2 Å². The van der Waals surface area contributed by atoms with Crippen LogP contribution in [0.4, 0.5) is 0 Å². The number of aldehydes is 1. The lowest BCUT2D eigenvalue weighted by Crippen LogP contribution is -2.32. The van der Waals surface area contributed by atoms with Gasteiger partial charge in [-0.1, -0.05) is 36.4 Å². The van der Waals surface area contributed by atoms with Crippen molar-refractivity contribution in [3.05, 3.63) is 47.5 Å². The minimum absolute atomic E-state index is 0.241. The van der Waals surface area contributed by atoms with Gasteiger partial charge < -0.3 is 0 Å². The molecule has 4 rings (SSSR count). The Morgan fingerprint density at radius 2 is 2.05 bits per heavy atom. The Balaban J connectivity index is 1.83. The van der Waals surface area contributed by atoms with Gasteiger partial charge in [0.1, 0.15) is 0 Å². The second kappa shape index (κ2) is 4.41. The Labute approximate surface area is 125 Å². The van der Waals surface area contributed by atoms with Gasteiger partial charge in [0, 0.05) is 30.1 Å². The molecule has 0 amide bonds. The summed E-state index contributed by atoms with van der Waals surface area (Å²) < 4.78 is 0. The van der Waals surface area contributed by atoms with Crippen molar-refractivity contribution in [1.82, 2.24) is 4.90 Å². The third kappa shape index (κ3) is 1.78. The van der Waals surface area contributed by atoms with Gasteiger partial charge in [0.05, 0.1) is 0 Å². The van der Waals surface area contributed by atoms with E-state index < -0.39 is 0 Å². The average molecular weight is 279 g/mol. The van der Waals surface area contributed by atoms with Crippen molar-refractivity contribution in [3.8, 4) is 0 Å². The van der Waals surface area contributed by atoms with Crippen LogP contribution in [0.5, 0.6) is 0 Å². The van der Waals surface area contributed by atoms with E-state index in [2.05, 4.69) is 43.0 Å². The number of hydrogen-bond acceptors (Lipinski definition) is 2. The lowest BCUT2D eigenvalue weighted by Gasteiger charge is -2.25. The largest absolute Gasteiger partial charge is 0.300 e. The highest BCUT2D eigenvalue weighted by Crippen LogP contribution is 2.60. The fourth-order valence-corrected chi connectivity index (χ4v) is 4.19. The highest BCUT2D eigenvalue weighted by atomic mass is 16.1. The minimum atomic E-state index is 0.241. The molecule has 1 heterocycles. The summed E-state index contributed by atoms with van der Waals surface area (Å²) in [6.45, 7) is 6.82. The van der Waals surface area contributed by atoms with Crippen molar-refractivity contribution in [2.24, 2.45) is 5.92 Å². The van der Waals surface area contributed by atoms with E-state index in [9.17, 15) is 4.79 Å². The lowest BCUT2D eigenvalue weighted by atomic mass is 9.88. The molecule has 2 aromatic carbocycles. The molecule has 1 aliphatic carbocycles. The van der Waals surface area contributed by atoms with Gasteiger partial charge in [-0.15, -0.1) is 0 Å². The third-order valence-electron chi connectivity index (χ3n) is 5.53. The van der Waals surface area contributed by atoms with E-state index in [0.717, 1.165) is 35.1 Å². The Kier molecular flexibility index (Phi) is 2.74. The predicted octanol–water partition coefficient (Wildman–Crippen LogP) is 3.63. The summed E-state index contributed by atoms with van der Waals surface area (Å²) in [5, 5.41) is 2.27. The quantitative estimate of drug-likeness (QED) is 0.800. The first kappa shape index (κ1) is 13.0. The normalized spacial score (nSPS) is 28.0. The molecular formula is C19H21NO. The lowest BCUT2D eigenvalue weighted by molar-refractivity contribution is 0.112. The van der Waals surface area contributed by atoms with Gasteiger partial charge in [-0.3, -0.25) is 9.69 Å². The van der Waals surface area contributed by atoms with Crippen LogP contribution in [0.25, 0.3) is 10.8 Å². The van der Waals surface area contributed by atoms with Crippen LogP contribution in [0.3, 0.4) is 0 Å². The second-order valence-corrected chi connectivity index (χ2v) is 6.95. The van der Waals surface area contributed by atoms with Crippen LogP contribution in [0.2, 0.25) is 0 Å². The van der Waals surface area contributed by atoms with Crippen LogP contribution in [0.15, 0.2) is 36.4 Å². The molecule has 2 fully saturated rings. The summed E-state index contributed by atoms with van der Waals surface area (Å²) in [5.74, 6) is 0.736. The number of carbonyl (C=O) groups is 1. The number of benzene rings is 2. The molecule has 0 bridgehead atoms. The summed E-state index contributed by atoms with van der Waals surface area (Å²) >= 11 is 0. The number of likely N-dealkylation sites (tertiary alicyclic amines) is 1. The van der Waals surface area contributed by atoms with E-state index in [4.69, 9.17) is 0 Å². The van der Waals surface area contributed by atoms with Crippen LogP contribution < -0.4 is 0 Å². The SMILES string of the molecule is CC(C)N1CC2CC2(c2ccc3ccccc3c2C=O)C1. The van der Waals surface area contributed by atoms with Crippen LogP contribution in [-0.4, -0.2) is 30.3 Å². The summed E-state index contributed by atoms with van der Waals surface area (Å²) in [6.07, 6.45) is 2.31. The number of piperidine rings is 1. The van der Waals surface area contributed by atoms with Gasteiger partial charge in [0.15, 0.2) is 6.29 Å². The van der Waals surface area contributed by atoms with E-state index in [1.807, 2.05) is 12.1 Å². The van der Waals surface area contributed by atoms with Gasteiger partial charge in [0.2, 0.25) is 0 Å². The van der Waals surface area contributed by atoms with E-state index in [0.29, 0.717) is 6.04 Å². The monoisotopic (exact) mass is 279 g/mol. The Morgan fingerprint density at radius 3 is 2.76 bits per heavy atom. The topological polar surface area (TPSA) is 20.3 Å². The zero-order valence-electron chi connectivity index (χ0n) is 12.7. The van der Waals surface area contributed by atoms with E-state index >= 15 is 0 Å². The summed E-state index contributed by atoms with van der Waals surface area (Å²) in [7, 11) is 0.